The predicted octanol–water partition coefficient (Wildman–Crippen LogP) is 3.51. The third kappa shape index (κ3) is 4.32. The lowest BCUT2D eigenvalue weighted by Gasteiger charge is -2.35. The van der Waals surface area contributed by atoms with Crippen LogP contribution in [-0.2, 0) is 9.59 Å². The number of carbonyl (C=O) groups excluding carboxylic acids is 3. The zero-order chi connectivity index (χ0) is 24.3. The lowest BCUT2D eigenvalue weighted by atomic mass is 9.81. The maximum Gasteiger partial charge on any atom is 0.327 e. The summed E-state index contributed by atoms with van der Waals surface area (Å²) in [5.41, 5.74) is 0.888. The highest BCUT2D eigenvalue weighted by molar-refractivity contribution is 6.09. The Morgan fingerprint density at radius 1 is 0.912 bits per heavy atom. The van der Waals surface area contributed by atoms with Gasteiger partial charge in [-0.05, 0) is 48.2 Å². The van der Waals surface area contributed by atoms with Crippen molar-refractivity contribution < 1.29 is 23.9 Å². The fourth-order valence-corrected chi connectivity index (χ4v) is 4.97. The number of methoxy groups -OCH3 is 2. The van der Waals surface area contributed by atoms with E-state index in [0.29, 0.717) is 24.3 Å². The number of hydrogen-bond donors (Lipinski definition) is 1. The number of nitrogens with one attached hydrogen (secondary N) is 1. The first-order valence-corrected chi connectivity index (χ1v) is 11.6. The second-order valence-corrected chi connectivity index (χ2v) is 8.87. The fourth-order valence-electron chi connectivity index (χ4n) is 4.97. The van der Waals surface area contributed by atoms with Crippen LogP contribution in [0.3, 0.4) is 0 Å². The number of carbonyl (C=O) groups is 3. The molecule has 1 heterocycles. The molecule has 4 rings (SSSR count). The van der Waals surface area contributed by atoms with Crippen molar-refractivity contribution in [2.24, 2.45) is 0 Å². The second kappa shape index (κ2) is 9.75. The largest absolute Gasteiger partial charge is 0.497 e. The summed E-state index contributed by atoms with van der Waals surface area (Å²) in [7, 11) is 4.86. The zero-order valence-corrected chi connectivity index (χ0v) is 19.9. The van der Waals surface area contributed by atoms with Crippen molar-refractivity contribution in [1.29, 1.82) is 0 Å². The van der Waals surface area contributed by atoms with E-state index in [4.69, 9.17) is 9.47 Å². The van der Waals surface area contributed by atoms with E-state index in [0.717, 1.165) is 35.3 Å². The van der Waals surface area contributed by atoms with Crippen LogP contribution in [0.1, 0.15) is 49.3 Å². The van der Waals surface area contributed by atoms with E-state index < -0.39 is 23.5 Å². The molecule has 1 spiro atoms. The zero-order valence-electron chi connectivity index (χ0n) is 19.9. The summed E-state index contributed by atoms with van der Waals surface area (Å²) in [6, 6.07) is 13.9. The minimum atomic E-state index is -0.805. The first kappa shape index (κ1) is 23.6. The summed E-state index contributed by atoms with van der Waals surface area (Å²) >= 11 is 0. The Morgan fingerprint density at radius 3 is 1.88 bits per heavy atom. The summed E-state index contributed by atoms with van der Waals surface area (Å²) in [5, 5.41) is 3.01. The van der Waals surface area contributed by atoms with Gasteiger partial charge < -0.3 is 19.7 Å². The predicted molar refractivity (Wildman–Crippen MR) is 127 cm³/mol. The molecule has 180 valence electrons. The summed E-state index contributed by atoms with van der Waals surface area (Å²) in [5.74, 6) is 0.746. The molecule has 8 nitrogen and oxygen atoms in total. The molecule has 1 N–H and O–H groups in total. The third-order valence-corrected chi connectivity index (χ3v) is 6.99. The molecule has 8 heteroatoms. The Bertz CT molecular complexity index is 998. The van der Waals surface area contributed by atoms with E-state index in [1.807, 2.05) is 48.5 Å². The van der Waals surface area contributed by atoms with Gasteiger partial charge in [-0.25, -0.2) is 4.79 Å². The lowest BCUT2D eigenvalue weighted by Crippen LogP contribution is -2.49. The van der Waals surface area contributed by atoms with E-state index in [9.17, 15) is 14.4 Å². The Labute approximate surface area is 199 Å². The Hall–Kier alpha value is -3.55. The van der Waals surface area contributed by atoms with Crippen molar-refractivity contribution in [2.45, 2.75) is 43.7 Å². The van der Waals surface area contributed by atoms with Crippen LogP contribution in [0.15, 0.2) is 48.5 Å². The van der Waals surface area contributed by atoms with E-state index in [2.05, 4.69) is 5.32 Å². The standard InChI is InChI=1S/C26H31N3O5/c1-28-25(32)29(24(31)26(28)15-5-4-6-16-26)17-22(30)27-23(18-7-11-20(33-2)12-8-18)19-9-13-21(34-3)14-10-19/h7-14,23H,4-6,15-17H2,1-3H3,(H,27,30). The van der Waals surface area contributed by atoms with Crippen LogP contribution in [0.4, 0.5) is 4.79 Å². The third-order valence-electron chi connectivity index (χ3n) is 6.99. The van der Waals surface area contributed by atoms with Gasteiger partial charge in [-0.3, -0.25) is 14.5 Å². The summed E-state index contributed by atoms with van der Waals surface area (Å²) in [4.78, 5) is 42.0. The first-order valence-electron chi connectivity index (χ1n) is 11.6. The number of amides is 4. The number of imide groups is 1. The topological polar surface area (TPSA) is 88.2 Å². The summed E-state index contributed by atoms with van der Waals surface area (Å²) in [6.45, 7) is -0.313. The SMILES string of the molecule is COc1ccc(C(NC(=O)CN2C(=O)N(C)C3(CCCCC3)C2=O)c2ccc(OC)cc2)cc1. The highest BCUT2D eigenvalue weighted by Gasteiger charge is 2.55. The van der Waals surface area contributed by atoms with Crippen molar-refractivity contribution in [2.75, 3.05) is 27.8 Å². The van der Waals surface area contributed by atoms with Gasteiger partial charge in [-0.2, -0.15) is 0 Å². The molecule has 34 heavy (non-hydrogen) atoms. The number of hydrogen-bond acceptors (Lipinski definition) is 5. The van der Waals surface area contributed by atoms with Gasteiger partial charge in [0.1, 0.15) is 23.6 Å². The van der Waals surface area contributed by atoms with Crippen LogP contribution in [0.5, 0.6) is 11.5 Å². The van der Waals surface area contributed by atoms with Crippen LogP contribution < -0.4 is 14.8 Å². The van der Waals surface area contributed by atoms with Crippen LogP contribution in [0.25, 0.3) is 0 Å². The highest BCUT2D eigenvalue weighted by Crippen LogP contribution is 2.39. The Kier molecular flexibility index (Phi) is 6.77. The molecular weight excluding hydrogens is 434 g/mol. The van der Waals surface area contributed by atoms with Crippen molar-refractivity contribution in [1.82, 2.24) is 15.1 Å². The van der Waals surface area contributed by atoms with Crippen LogP contribution in [0, 0.1) is 0 Å². The molecule has 4 amide bonds. The molecule has 0 atom stereocenters. The monoisotopic (exact) mass is 465 g/mol. The van der Waals surface area contributed by atoms with Gasteiger partial charge in [0, 0.05) is 7.05 Å². The van der Waals surface area contributed by atoms with Gasteiger partial charge in [0.15, 0.2) is 0 Å². The average Bonchev–Trinajstić information content (AvgIpc) is 3.04. The Morgan fingerprint density at radius 2 is 1.41 bits per heavy atom. The maximum atomic E-state index is 13.3. The summed E-state index contributed by atoms with van der Waals surface area (Å²) < 4.78 is 10.5. The highest BCUT2D eigenvalue weighted by atomic mass is 16.5. The normalized spacial score (nSPS) is 17.4. The van der Waals surface area contributed by atoms with Crippen LogP contribution in [0.2, 0.25) is 0 Å². The van der Waals surface area contributed by atoms with Gasteiger partial charge in [-0.1, -0.05) is 43.5 Å². The molecule has 2 fully saturated rings. The maximum absolute atomic E-state index is 13.3. The fraction of sp³-hybridized carbons (Fsp3) is 0.423. The van der Waals surface area contributed by atoms with Gasteiger partial charge in [0.25, 0.3) is 5.91 Å². The van der Waals surface area contributed by atoms with Gasteiger partial charge >= 0.3 is 6.03 Å². The molecule has 1 aliphatic carbocycles. The van der Waals surface area contributed by atoms with Crippen molar-refractivity contribution in [3.8, 4) is 11.5 Å². The van der Waals surface area contributed by atoms with Crippen molar-refractivity contribution >= 4 is 17.8 Å². The number of ether oxygens (including phenoxy) is 2. The number of likely N-dealkylation sites (N-methyl/N-ethyl adjacent to an activating group) is 1. The number of rotatable bonds is 7. The molecule has 2 aromatic rings. The average molecular weight is 466 g/mol. The molecule has 0 aromatic heterocycles. The van der Waals surface area contributed by atoms with Gasteiger partial charge in [0.05, 0.1) is 20.3 Å². The number of benzene rings is 2. The van der Waals surface area contributed by atoms with Crippen LogP contribution >= 0.6 is 0 Å². The number of urea groups is 1. The van der Waals surface area contributed by atoms with Crippen molar-refractivity contribution in [3.63, 3.8) is 0 Å². The van der Waals surface area contributed by atoms with Crippen LogP contribution in [-0.4, -0.2) is 61.0 Å². The van der Waals surface area contributed by atoms with Gasteiger partial charge in [-0.15, -0.1) is 0 Å². The molecule has 0 bridgehead atoms. The second-order valence-electron chi connectivity index (χ2n) is 8.87. The summed E-state index contributed by atoms with van der Waals surface area (Å²) in [6.07, 6.45) is 4.16. The molecule has 2 aromatic carbocycles. The van der Waals surface area contributed by atoms with Gasteiger partial charge in [0.2, 0.25) is 5.91 Å². The van der Waals surface area contributed by atoms with Crippen molar-refractivity contribution in [3.05, 3.63) is 59.7 Å². The molecule has 0 radical (unpaired) electrons. The molecule has 1 aliphatic heterocycles. The minimum Gasteiger partial charge on any atom is -0.497 e. The lowest BCUT2D eigenvalue weighted by molar-refractivity contribution is -0.137. The quantitative estimate of drug-likeness (QED) is 0.633. The molecule has 0 unspecified atom stereocenters. The number of nitrogens with zero attached hydrogens (tertiary/aromatic N) is 2. The molecule has 2 aliphatic rings. The smallest absolute Gasteiger partial charge is 0.327 e. The van der Waals surface area contributed by atoms with E-state index in [1.165, 1.54) is 4.90 Å². The molecular formula is C26H31N3O5. The first-order chi connectivity index (χ1) is 16.4. The van der Waals surface area contributed by atoms with E-state index in [1.54, 1.807) is 21.3 Å². The van der Waals surface area contributed by atoms with E-state index in [-0.39, 0.29) is 12.5 Å². The Balaban J connectivity index is 1.55. The van der Waals surface area contributed by atoms with E-state index >= 15 is 0 Å². The molecule has 1 saturated carbocycles. The minimum absolute atomic E-state index is 0.264. The molecule has 1 saturated heterocycles.